The lowest BCUT2D eigenvalue weighted by molar-refractivity contribution is -0.117. The Morgan fingerprint density at radius 2 is 2.25 bits per heavy atom. The molecule has 1 aliphatic rings. The molecule has 3 nitrogen and oxygen atoms in total. The number of carbonyl (C=O) groups excluding carboxylic acids is 1. The molecule has 0 saturated heterocycles. The molecule has 0 aliphatic carbocycles. The van der Waals surface area contributed by atoms with Gasteiger partial charge in [-0.15, -0.1) is 0 Å². The van der Waals surface area contributed by atoms with Gasteiger partial charge in [-0.1, -0.05) is 12.2 Å². The number of rotatable bonds is 6. The molecule has 1 aromatic rings. The van der Waals surface area contributed by atoms with Crippen molar-refractivity contribution in [2.45, 2.75) is 38.5 Å². The van der Waals surface area contributed by atoms with E-state index < -0.39 is 0 Å². The summed E-state index contributed by atoms with van der Waals surface area (Å²) in [5, 5.41) is 0. The van der Waals surface area contributed by atoms with Crippen LogP contribution in [0.15, 0.2) is 35.3 Å². The Balaban J connectivity index is 2.39. The molecule has 3 heteroatoms. The molecule has 0 saturated carbocycles. The first-order chi connectivity index (χ1) is 9.61. The highest BCUT2D eigenvalue weighted by Gasteiger charge is 2.35. The molecule has 20 heavy (non-hydrogen) atoms. The number of ketones is 1. The van der Waals surface area contributed by atoms with Gasteiger partial charge in [-0.05, 0) is 50.5 Å². The van der Waals surface area contributed by atoms with Crippen LogP contribution in [0.1, 0.15) is 38.7 Å². The van der Waals surface area contributed by atoms with Gasteiger partial charge in [-0.2, -0.15) is 0 Å². The molecule has 0 N–H and O–H groups in total. The molecule has 0 radical (unpaired) electrons. The molecule has 0 spiro atoms. The molecule has 1 atom stereocenters. The van der Waals surface area contributed by atoms with E-state index in [4.69, 9.17) is 4.74 Å². The Hall–Kier alpha value is -1.90. The molecular weight excluding hydrogens is 250 g/mol. The van der Waals surface area contributed by atoms with Crippen molar-refractivity contribution in [2.75, 3.05) is 7.11 Å². The number of allylic oxidation sites excluding steroid dienone is 2. The predicted molar refractivity (Wildman–Crippen MR) is 82.2 cm³/mol. The third-order valence-electron chi connectivity index (χ3n) is 3.83. The van der Waals surface area contributed by atoms with Crippen LogP contribution in [0.4, 0.5) is 5.69 Å². The highest BCUT2D eigenvalue weighted by molar-refractivity contribution is 5.87. The Bertz CT molecular complexity index is 560. The van der Waals surface area contributed by atoms with Crippen LogP contribution in [0.3, 0.4) is 0 Å². The van der Waals surface area contributed by atoms with Gasteiger partial charge in [0.2, 0.25) is 0 Å². The third-order valence-corrected chi connectivity index (χ3v) is 3.83. The van der Waals surface area contributed by atoms with Gasteiger partial charge in [0.1, 0.15) is 11.5 Å². The number of hydrogen-bond donors (Lipinski definition) is 0. The first-order valence-corrected chi connectivity index (χ1v) is 6.95. The van der Waals surface area contributed by atoms with E-state index in [9.17, 15) is 4.79 Å². The van der Waals surface area contributed by atoms with Crippen molar-refractivity contribution >= 4 is 17.7 Å². The first kappa shape index (κ1) is 14.5. The number of carbonyl (C=O) groups is 1. The fraction of sp³-hybridized carbons (Fsp3) is 0.412. The van der Waals surface area contributed by atoms with Crippen LogP contribution >= 0.6 is 0 Å². The van der Waals surface area contributed by atoms with Gasteiger partial charge in [-0.3, -0.25) is 4.99 Å². The van der Waals surface area contributed by atoms with Crippen molar-refractivity contribution in [3.05, 3.63) is 35.9 Å². The van der Waals surface area contributed by atoms with E-state index in [2.05, 4.69) is 11.1 Å². The van der Waals surface area contributed by atoms with Crippen molar-refractivity contribution in [3.8, 4) is 5.75 Å². The fourth-order valence-corrected chi connectivity index (χ4v) is 2.61. The molecule has 1 aromatic carbocycles. The smallest absolute Gasteiger partial charge is 0.129 e. The maximum Gasteiger partial charge on any atom is 0.129 e. The summed E-state index contributed by atoms with van der Waals surface area (Å²) in [5.74, 6) is 1.05. The highest BCUT2D eigenvalue weighted by Crippen LogP contribution is 2.44. The number of fused-ring (bicyclic) bond motifs is 1. The average molecular weight is 271 g/mol. The van der Waals surface area contributed by atoms with E-state index in [1.165, 1.54) is 0 Å². The zero-order chi connectivity index (χ0) is 14.6. The summed E-state index contributed by atoms with van der Waals surface area (Å²) in [6, 6.07) is 5.95. The van der Waals surface area contributed by atoms with E-state index in [1.807, 2.05) is 37.4 Å². The average Bonchev–Trinajstić information content (AvgIpc) is 2.81. The Morgan fingerprint density at radius 1 is 1.45 bits per heavy atom. The monoisotopic (exact) mass is 271 g/mol. The summed E-state index contributed by atoms with van der Waals surface area (Å²) in [4.78, 5) is 15.9. The highest BCUT2D eigenvalue weighted by atomic mass is 16.5. The van der Waals surface area contributed by atoms with Crippen molar-refractivity contribution in [2.24, 2.45) is 4.99 Å². The lowest BCUT2D eigenvalue weighted by Crippen LogP contribution is -2.25. The van der Waals surface area contributed by atoms with Crippen molar-refractivity contribution in [1.82, 2.24) is 0 Å². The number of ether oxygens (including phenoxy) is 1. The van der Waals surface area contributed by atoms with Crippen LogP contribution in [0.2, 0.25) is 0 Å². The van der Waals surface area contributed by atoms with Gasteiger partial charge in [0, 0.05) is 18.1 Å². The number of nitrogens with zero attached hydrogens (tertiary/aromatic N) is 1. The van der Waals surface area contributed by atoms with Gasteiger partial charge in [0.25, 0.3) is 0 Å². The van der Waals surface area contributed by atoms with E-state index in [0.717, 1.165) is 29.8 Å². The SMILES string of the molecule is C/C=C/C[C@@]1(CCC(C)=O)C=Nc2ccc(OC)cc21. The van der Waals surface area contributed by atoms with E-state index >= 15 is 0 Å². The molecular formula is C17H21NO2. The molecule has 1 aliphatic heterocycles. The summed E-state index contributed by atoms with van der Waals surface area (Å²) in [6.45, 7) is 3.65. The van der Waals surface area contributed by atoms with E-state index in [1.54, 1.807) is 14.0 Å². The molecule has 2 rings (SSSR count). The number of methoxy groups -OCH3 is 1. The van der Waals surface area contributed by atoms with E-state index in [-0.39, 0.29) is 11.2 Å². The topological polar surface area (TPSA) is 38.7 Å². The second-order valence-electron chi connectivity index (χ2n) is 5.27. The molecule has 0 fully saturated rings. The quantitative estimate of drug-likeness (QED) is 0.734. The van der Waals surface area contributed by atoms with Gasteiger partial charge in [0.05, 0.1) is 12.8 Å². The van der Waals surface area contributed by atoms with Gasteiger partial charge < -0.3 is 9.53 Å². The standard InChI is InChI=1S/C17H21NO2/c1-4-5-9-17(10-8-13(2)19)12-18-16-7-6-14(20-3)11-15(16)17/h4-7,11-12H,8-10H2,1-3H3/b5-4+/t17-/m1/s1. The largest absolute Gasteiger partial charge is 0.497 e. The van der Waals surface area contributed by atoms with Gasteiger partial charge in [0.15, 0.2) is 0 Å². The lowest BCUT2D eigenvalue weighted by atomic mass is 9.75. The zero-order valence-electron chi connectivity index (χ0n) is 12.3. The molecule has 0 aromatic heterocycles. The van der Waals surface area contributed by atoms with Crippen LogP contribution in [0.25, 0.3) is 0 Å². The molecule has 0 amide bonds. The van der Waals surface area contributed by atoms with Crippen molar-refractivity contribution in [1.29, 1.82) is 0 Å². The third kappa shape index (κ3) is 2.82. The van der Waals surface area contributed by atoms with Crippen molar-refractivity contribution in [3.63, 3.8) is 0 Å². The van der Waals surface area contributed by atoms with Gasteiger partial charge in [-0.25, -0.2) is 0 Å². The Kier molecular flexibility index (Phi) is 4.38. The summed E-state index contributed by atoms with van der Waals surface area (Å²) in [5.41, 5.74) is 1.97. The number of hydrogen-bond acceptors (Lipinski definition) is 3. The second-order valence-corrected chi connectivity index (χ2v) is 5.27. The zero-order valence-corrected chi connectivity index (χ0v) is 12.3. The maximum absolute atomic E-state index is 11.4. The summed E-state index contributed by atoms with van der Waals surface area (Å²) in [7, 11) is 1.67. The minimum Gasteiger partial charge on any atom is -0.497 e. The minimum atomic E-state index is -0.179. The summed E-state index contributed by atoms with van der Waals surface area (Å²) in [6.07, 6.45) is 8.40. The second kappa shape index (κ2) is 6.04. The van der Waals surface area contributed by atoms with Gasteiger partial charge >= 0.3 is 0 Å². The summed E-state index contributed by atoms with van der Waals surface area (Å²) >= 11 is 0. The molecule has 0 unspecified atom stereocenters. The maximum atomic E-state index is 11.4. The van der Waals surface area contributed by atoms with Crippen molar-refractivity contribution < 1.29 is 9.53 Å². The number of aliphatic imine (C=N–C) groups is 1. The van der Waals surface area contributed by atoms with Crippen LogP contribution in [0.5, 0.6) is 5.75 Å². The van der Waals surface area contributed by atoms with Crippen LogP contribution in [-0.2, 0) is 10.2 Å². The van der Waals surface area contributed by atoms with Crippen LogP contribution in [0, 0.1) is 0 Å². The number of benzene rings is 1. The molecule has 1 heterocycles. The summed E-state index contributed by atoms with van der Waals surface area (Å²) < 4.78 is 5.32. The fourth-order valence-electron chi connectivity index (χ4n) is 2.61. The first-order valence-electron chi connectivity index (χ1n) is 6.95. The minimum absolute atomic E-state index is 0.179. The number of Topliss-reactive ketones (excluding diaryl/α,β-unsaturated/α-hetero) is 1. The Labute approximate surface area is 120 Å². The lowest BCUT2D eigenvalue weighted by Gasteiger charge is -2.26. The Morgan fingerprint density at radius 3 is 2.90 bits per heavy atom. The molecule has 0 bridgehead atoms. The normalized spacial score (nSPS) is 20.4. The van der Waals surface area contributed by atoms with E-state index in [0.29, 0.717) is 6.42 Å². The molecule has 106 valence electrons. The predicted octanol–water partition coefficient (Wildman–Crippen LogP) is 3.98. The van der Waals surface area contributed by atoms with Crippen LogP contribution in [-0.4, -0.2) is 19.1 Å². The van der Waals surface area contributed by atoms with Crippen LogP contribution < -0.4 is 4.74 Å².